The summed E-state index contributed by atoms with van der Waals surface area (Å²) in [6, 6.07) is 11.9. The average molecular weight is 174 g/mol. The van der Waals surface area contributed by atoms with Gasteiger partial charge in [-0.1, -0.05) is 32.0 Å². The summed E-state index contributed by atoms with van der Waals surface area (Å²) in [4.78, 5) is 0. The van der Waals surface area contributed by atoms with Crippen LogP contribution in [0, 0.1) is 17.2 Å². The molecule has 0 aliphatic carbocycles. The maximum absolute atomic E-state index is 8.85. The molecule has 1 rings (SSSR count). The van der Waals surface area contributed by atoms with E-state index in [9.17, 15) is 0 Å². The molecule has 0 unspecified atom stereocenters. The van der Waals surface area contributed by atoms with Crippen LogP contribution in [0.1, 0.15) is 13.8 Å². The third-order valence-corrected chi connectivity index (χ3v) is 1.90. The number of nitrogens with zero attached hydrogens (tertiary/aromatic N) is 1. The fourth-order valence-corrected chi connectivity index (χ4v) is 1.06. The monoisotopic (exact) mass is 174 g/mol. The van der Waals surface area contributed by atoms with Crippen molar-refractivity contribution in [3.63, 3.8) is 0 Å². The van der Waals surface area contributed by atoms with Crippen LogP contribution in [0.3, 0.4) is 0 Å². The lowest BCUT2D eigenvalue weighted by atomic mass is 10.1. The van der Waals surface area contributed by atoms with E-state index in [0.717, 1.165) is 5.69 Å². The van der Waals surface area contributed by atoms with Crippen LogP contribution in [0.4, 0.5) is 5.69 Å². The summed E-state index contributed by atoms with van der Waals surface area (Å²) in [6.45, 7) is 4.06. The first-order valence-electron chi connectivity index (χ1n) is 4.45. The molecule has 0 bridgehead atoms. The molecule has 1 aromatic rings. The Balaban J connectivity index is 2.64. The highest BCUT2D eigenvalue weighted by Crippen LogP contribution is 2.11. The molecule has 1 atom stereocenters. The number of anilines is 1. The fraction of sp³-hybridized carbons (Fsp3) is 0.364. The van der Waals surface area contributed by atoms with Gasteiger partial charge < -0.3 is 5.32 Å². The molecule has 13 heavy (non-hydrogen) atoms. The number of hydrogen-bond donors (Lipinski definition) is 1. The summed E-state index contributed by atoms with van der Waals surface area (Å²) < 4.78 is 0. The normalized spacial score (nSPS) is 12.2. The van der Waals surface area contributed by atoms with E-state index in [0.29, 0.717) is 5.92 Å². The molecule has 1 aromatic carbocycles. The fourth-order valence-electron chi connectivity index (χ4n) is 1.06. The van der Waals surface area contributed by atoms with Crippen LogP contribution in [-0.2, 0) is 0 Å². The van der Waals surface area contributed by atoms with Gasteiger partial charge in [-0.3, -0.25) is 0 Å². The van der Waals surface area contributed by atoms with Crippen LogP contribution >= 0.6 is 0 Å². The average Bonchev–Trinajstić information content (AvgIpc) is 2.15. The summed E-state index contributed by atoms with van der Waals surface area (Å²) in [7, 11) is 0. The molecule has 0 spiro atoms. The molecule has 2 nitrogen and oxygen atoms in total. The molecule has 0 heterocycles. The zero-order valence-corrected chi connectivity index (χ0v) is 7.99. The largest absolute Gasteiger partial charge is 0.370 e. The van der Waals surface area contributed by atoms with Crippen molar-refractivity contribution in [2.75, 3.05) is 5.32 Å². The molecule has 0 saturated carbocycles. The van der Waals surface area contributed by atoms with E-state index in [2.05, 4.69) is 11.4 Å². The molecule has 0 radical (unpaired) electrons. The Morgan fingerprint density at radius 2 is 1.85 bits per heavy atom. The van der Waals surface area contributed by atoms with Gasteiger partial charge in [-0.15, -0.1) is 0 Å². The van der Waals surface area contributed by atoms with Gasteiger partial charge in [0.25, 0.3) is 0 Å². The number of para-hydroxylation sites is 1. The molecule has 0 aromatic heterocycles. The standard InChI is InChI=1S/C11H14N2/c1-9(2)11(8-12)13-10-6-4-3-5-7-10/h3-7,9,11,13H,1-2H3/t11-/m0/s1. The minimum atomic E-state index is -0.109. The summed E-state index contributed by atoms with van der Waals surface area (Å²) in [5.74, 6) is 0.324. The predicted octanol–water partition coefficient (Wildman–Crippen LogP) is 2.65. The van der Waals surface area contributed by atoms with E-state index in [1.54, 1.807) is 0 Å². The van der Waals surface area contributed by atoms with Crippen molar-refractivity contribution >= 4 is 5.69 Å². The van der Waals surface area contributed by atoms with Crippen LogP contribution < -0.4 is 5.32 Å². The lowest BCUT2D eigenvalue weighted by Gasteiger charge is -2.15. The van der Waals surface area contributed by atoms with E-state index >= 15 is 0 Å². The van der Waals surface area contributed by atoms with Crippen molar-refractivity contribution in [1.29, 1.82) is 5.26 Å². The minimum Gasteiger partial charge on any atom is -0.370 e. The number of nitrogens with one attached hydrogen (secondary N) is 1. The van der Waals surface area contributed by atoms with Crippen molar-refractivity contribution in [3.8, 4) is 6.07 Å². The quantitative estimate of drug-likeness (QED) is 0.764. The van der Waals surface area contributed by atoms with Gasteiger partial charge >= 0.3 is 0 Å². The van der Waals surface area contributed by atoms with Gasteiger partial charge in [0.2, 0.25) is 0 Å². The number of benzene rings is 1. The Morgan fingerprint density at radius 1 is 1.23 bits per heavy atom. The van der Waals surface area contributed by atoms with Crippen LogP contribution in [0.2, 0.25) is 0 Å². The smallest absolute Gasteiger partial charge is 0.116 e. The van der Waals surface area contributed by atoms with Gasteiger partial charge in [-0.25, -0.2) is 0 Å². The first-order valence-corrected chi connectivity index (χ1v) is 4.45. The molecular formula is C11H14N2. The van der Waals surface area contributed by atoms with Gasteiger partial charge in [-0.05, 0) is 18.1 Å². The second-order valence-electron chi connectivity index (χ2n) is 3.36. The molecule has 0 aliphatic rings. The molecule has 2 heteroatoms. The van der Waals surface area contributed by atoms with E-state index in [-0.39, 0.29) is 6.04 Å². The zero-order chi connectivity index (χ0) is 9.68. The van der Waals surface area contributed by atoms with Crippen molar-refractivity contribution in [2.24, 2.45) is 5.92 Å². The third kappa shape index (κ3) is 2.79. The SMILES string of the molecule is CC(C)[C@H](C#N)Nc1ccccc1. The van der Waals surface area contributed by atoms with Crippen LogP contribution in [0.5, 0.6) is 0 Å². The van der Waals surface area contributed by atoms with Crippen LogP contribution in [-0.4, -0.2) is 6.04 Å². The lowest BCUT2D eigenvalue weighted by Crippen LogP contribution is -2.23. The van der Waals surface area contributed by atoms with Gasteiger partial charge in [0.1, 0.15) is 6.04 Å². The van der Waals surface area contributed by atoms with Gasteiger partial charge in [0.15, 0.2) is 0 Å². The highest BCUT2D eigenvalue weighted by atomic mass is 14.9. The zero-order valence-electron chi connectivity index (χ0n) is 7.99. The van der Waals surface area contributed by atoms with Crippen molar-refractivity contribution in [3.05, 3.63) is 30.3 Å². The Labute approximate surface area is 79.2 Å². The number of hydrogen-bond acceptors (Lipinski definition) is 2. The maximum Gasteiger partial charge on any atom is 0.116 e. The van der Waals surface area contributed by atoms with E-state index in [1.165, 1.54) is 0 Å². The van der Waals surface area contributed by atoms with Crippen molar-refractivity contribution in [2.45, 2.75) is 19.9 Å². The summed E-state index contributed by atoms with van der Waals surface area (Å²) >= 11 is 0. The lowest BCUT2D eigenvalue weighted by molar-refractivity contribution is 0.609. The van der Waals surface area contributed by atoms with E-state index in [4.69, 9.17) is 5.26 Å². The number of rotatable bonds is 3. The van der Waals surface area contributed by atoms with Gasteiger partial charge in [0, 0.05) is 5.69 Å². The van der Waals surface area contributed by atoms with E-state index < -0.39 is 0 Å². The number of nitriles is 1. The van der Waals surface area contributed by atoms with Crippen molar-refractivity contribution in [1.82, 2.24) is 0 Å². The highest BCUT2D eigenvalue weighted by molar-refractivity contribution is 5.44. The van der Waals surface area contributed by atoms with Gasteiger partial charge in [-0.2, -0.15) is 5.26 Å². The van der Waals surface area contributed by atoms with Crippen LogP contribution in [0.15, 0.2) is 30.3 Å². The minimum absolute atomic E-state index is 0.109. The highest BCUT2D eigenvalue weighted by Gasteiger charge is 2.10. The Morgan fingerprint density at radius 3 is 2.31 bits per heavy atom. The molecule has 68 valence electrons. The van der Waals surface area contributed by atoms with E-state index in [1.807, 2.05) is 44.2 Å². The second-order valence-corrected chi connectivity index (χ2v) is 3.36. The summed E-state index contributed by atoms with van der Waals surface area (Å²) in [5.41, 5.74) is 1.00. The topological polar surface area (TPSA) is 35.8 Å². The summed E-state index contributed by atoms with van der Waals surface area (Å²) in [6.07, 6.45) is 0. The Hall–Kier alpha value is -1.49. The Bertz CT molecular complexity index is 285. The molecule has 0 fully saturated rings. The first-order chi connectivity index (χ1) is 6.24. The molecule has 0 saturated heterocycles. The molecule has 0 aliphatic heterocycles. The molecular weight excluding hydrogens is 160 g/mol. The first kappa shape index (κ1) is 9.60. The Kier molecular flexibility index (Phi) is 3.33. The predicted molar refractivity (Wildman–Crippen MR) is 54.3 cm³/mol. The maximum atomic E-state index is 8.85. The van der Waals surface area contributed by atoms with Crippen molar-refractivity contribution < 1.29 is 0 Å². The van der Waals surface area contributed by atoms with Gasteiger partial charge in [0.05, 0.1) is 6.07 Å². The second kappa shape index (κ2) is 4.51. The molecule has 1 N–H and O–H groups in total. The van der Waals surface area contributed by atoms with Crippen LogP contribution in [0.25, 0.3) is 0 Å². The molecule has 0 amide bonds. The summed E-state index contributed by atoms with van der Waals surface area (Å²) in [5, 5.41) is 12.0. The third-order valence-electron chi connectivity index (χ3n) is 1.90.